The third-order valence-corrected chi connectivity index (χ3v) is 4.73. The number of hydrogen-bond acceptors (Lipinski definition) is 2. The van der Waals surface area contributed by atoms with Crippen LogP contribution in [0.5, 0.6) is 0 Å². The number of anilines is 1. The van der Waals surface area contributed by atoms with E-state index in [1.165, 1.54) is 12.1 Å². The molecule has 142 valence electrons. The molecular formula is C21H23ClFN3O. The molecule has 27 heavy (non-hydrogen) atoms. The predicted molar refractivity (Wildman–Crippen MR) is 108 cm³/mol. The molecule has 1 aromatic heterocycles. The summed E-state index contributed by atoms with van der Waals surface area (Å²) in [6.45, 7) is 5.05. The first-order chi connectivity index (χ1) is 13.0. The number of hydrogen-bond donors (Lipinski definition) is 0. The van der Waals surface area contributed by atoms with Gasteiger partial charge in [-0.15, -0.1) is 0 Å². The summed E-state index contributed by atoms with van der Waals surface area (Å²) >= 11 is 6.41. The standard InChI is InChI=1S/C21H23ClFN3O/c1-3-7-20(27)26(16-9-5-8-15(23)13-16)14-19-24-18-11-6-10-17(22)21(18)25(19)12-4-2/h5-6,8-11,13H,3-4,7,12,14H2,1-2H3. The number of carbonyl (C=O) groups is 1. The van der Waals surface area contributed by atoms with Crippen LogP contribution in [-0.4, -0.2) is 15.5 Å². The van der Waals surface area contributed by atoms with E-state index in [2.05, 4.69) is 11.5 Å². The summed E-state index contributed by atoms with van der Waals surface area (Å²) in [5.74, 6) is 0.324. The SMILES string of the molecule is CCCC(=O)N(Cc1nc2cccc(Cl)c2n1CCC)c1cccc(F)c1. The van der Waals surface area contributed by atoms with Gasteiger partial charge in [-0.2, -0.15) is 0 Å². The summed E-state index contributed by atoms with van der Waals surface area (Å²) in [6.07, 6.45) is 2.03. The molecule has 0 unspecified atom stereocenters. The lowest BCUT2D eigenvalue weighted by Gasteiger charge is -2.23. The van der Waals surface area contributed by atoms with Crippen LogP contribution in [0.2, 0.25) is 5.02 Å². The van der Waals surface area contributed by atoms with Crippen LogP contribution in [0.25, 0.3) is 11.0 Å². The van der Waals surface area contributed by atoms with Gasteiger partial charge in [0.05, 0.1) is 22.6 Å². The number of aromatic nitrogens is 2. The zero-order chi connectivity index (χ0) is 19.4. The quantitative estimate of drug-likeness (QED) is 0.531. The monoisotopic (exact) mass is 387 g/mol. The average molecular weight is 388 g/mol. The molecule has 3 aromatic rings. The van der Waals surface area contributed by atoms with Crippen LogP contribution in [0.15, 0.2) is 42.5 Å². The molecule has 4 nitrogen and oxygen atoms in total. The van der Waals surface area contributed by atoms with Gasteiger partial charge in [0.25, 0.3) is 0 Å². The zero-order valence-corrected chi connectivity index (χ0v) is 16.3. The van der Waals surface area contributed by atoms with Gasteiger partial charge in [-0.3, -0.25) is 4.79 Å². The lowest BCUT2D eigenvalue weighted by Crippen LogP contribution is -2.31. The van der Waals surface area contributed by atoms with Crippen molar-refractivity contribution < 1.29 is 9.18 Å². The van der Waals surface area contributed by atoms with E-state index in [0.717, 1.165) is 36.2 Å². The van der Waals surface area contributed by atoms with Crippen molar-refractivity contribution in [3.05, 3.63) is 59.1 Å². The third kappa shape index (κ3) is 4.14. The molecule has 1 amide bonds. The molecule has 0 fully saturated rings. The summed E-state index contributed by atoms with van der Waals surface area (Å²) in [6, 6.07) is 11.7. The molecule has 0 radical (unpaired) electrons. The van der Waals surface area contributed by atoms with Crippen LogP contribution >= 0.6 is 11.6 Å². The lowest BCUT2D eigenvalue weighted by molar-refractivity contribution is -0.118. The Morgan fingerprint density at radius 2 is 1.96 bits per heavy atom. The van der Waals surface area contributed by atoms with Crippen LogP contribution in [0, 0.1) is 5.82 Å². The highest BCUT2D eigenvalue weighted by Gasteiger charge is 2.21. The van der Waals surface area contributed by atoms with Crippen molar-refractivity contribution in [3.8, 4) is 0 Å². The van der Waals surface area contributed by atoms with Gasteiger partial charge in [0, 0.05) is 18.7 Å². The van der Waals surface area contributed by atoms with E-state index >= 15 is 0 Å². The smallest absolute Gasteiger partial charge is 0.227 e. The predicted octanol–water partition coefficient (Wildman–Crippen LogP) is 5.57. The van der Waals surface area contributed by atoms with Gasteiger partial charge in [0.1, 0.15) is 11.6 Å². The number of rotatable bonds is 7. The van der Waals surface area contributed by atoms with E-state index < -0.39 is 0 Å². The molecular weight excluding hydrogens is 365 g/mol. The minimum Gasteiger partial charge on any atom is -0.325 e. The molecule has 0 saturated carbocycles. The summed E-state index contributed by atoms with van der Waals surface area (Å²) in [7, 11) is 0. The van der Waals surface area contributed by atoms with Crippen molar-refractivity contribution in [1.29, 1.82) is 0 Å². The number of carbonyl (C=O) groups excluding carboxylic acids is 1. The second kappa shape index (κ2) is 8.53. The molecule has 3 rings (SSSR count). The summed E-state index contributed by atoms with van der Waals surface area (Å²) in [5, 5.41) is 0.636. The first-order valence-corrected chi connectivity index (χ1v) is 9.62. The highest BCUT2D eigenvalue weighted by atomic mass is 35.5. The Morgan fingerprint density at radius 1 is 1.19 bits per heavy atom. The number of halogens is 2. The number of nitrogens with zero attached hydrogens (tertiary/aromatic N) is 3. The summed E-state index contributed by atoms with van der Waals surface area (Å²) < 4.78 is 15.8. The van der Waals surface area contributed by atoms with Crippen LogP contribution in [0.4, 0.5) is 10.1 Å². The molecule has 1 heterocycles. The van der Waals surface area contributed by atoms with Gasteiger partial charge >= 0.3 is 0 Å². The van der Waals surface area contributed by atoms with E-state index in [-0.39, 0.29) is 18.3 Å². The minimum atomic E-state index is -0.369. The van der Waals surface area contributed by atoms with Crippen molar-refractivity contribution in [1.82, 2.24) is 9.55 Å². The number of fused-ring (bicyclic) bond motifs is 1. The second-order valence-electron chi connectivity index (χ2n) is 6.50. The van der Waals surface area contributed by atoms with Gasteiger partial charge in [-0.25, -0.2) is 9.37 Å². The van der Waals surface area contributed by atoms with Gasteiger partial charge in [-0.1, -0.05) is 37.6 Å². The molecule has 0 N–H and O–H groups in total. The number of aryl methyl sites for hydroxylation is 1. The van der Waals surface area contributed by atoms with E-state index in [0.29, 0.717) is 17.1 Å². The average Bonchev–Trinajstić information content (AvgIpc) is 2.99. The second-order valence-corrected chi connectivity index (χ2v) is 6.90. The molecule has 2 aromatic carbocycles. The lowest BCUT2D eigenvalue weighted by atomic mass is 10.2. The van der Waals surface area contributed by atoms with Gasteiger partial charge in [-0.05, 0) is 43.2 Å². The van der Waals surface area contributed by atoms with E-state index in [9.17, 15) is 9.18 Å². The van der Waals surface area contributed by atoms with Crippen molar-refractivity contribution in [2.24, 2.45) is 0 Å². The Bertz CT molecular complexity index is 954. The Kier molecular flexibility index (Phi) is 6.11. The van der Waals surface area contributed by atoms with Gasteiger partial charge in [0.2, 0.25) is 5.91 Å². The van der Waals surface area contributed by atoms with E-state index in [1.807, 2.05) is 25.1 Å². The first kappa shape index (κ1) is 19.4. The number of imidazole rings is 1. The highest BCUT2D eigenvalue weighted by Crippen LogP contribution is 2.27. The van der Waals surface area contributed by atoms with E-state index in [4.69, 9.17) is 16.6 Å². The number of amides is 1. The van der Waals surface area contributed by atoms with E-state index in [1.54, 1.807) is 17.0 Å². The van der Waals surface area contributed by atoms with Crippen molar-refractivity contribution >= 4 is 34.2 Å². The Labute approximate surface area is 163 Å². The van der Waals surface area contributed by atoms with Crippen LogP contribution in [0.3, 0.4) is 0 Å². The first-order valence-electron chi connectivity index (χ1n) is 9.24. The number of benzene rings is 2. The maximum atomic E-state index is 13.8. The molecule has 0 bridgehead atoms. The normalized spacial score (nSPS) is 11.1. The molecule has 0 aliphatic heterocycles. The fourth-order valence-corrected chi connectivity index (χ4v) is 3.50. The number of para-hydroxylation sites is 1. The molecule has 0 aliphatic carbocycles. The largest absolute Gasteiger partial charge is 0.325 e. The molecule has 0 saturated heterocycles. The van der Waals surface area contributed by atoms with Crippen molar-refractivity contribution in [2.75, 3.05) is 4.90 Å². The maximum Gasteiger partial charge on any atom is 0.227 e. The van der Waals surface area contributed by atoms with Crippen LogP contribution < -0.4 is 4.90 Å². The summed E-state index contributed by atoms with van der Waals surface area (Å²) in [5.41, 5.74) is 2.21. The minimum absolute atomic E-state index is 0.0516. The Balaban J connectivity index is 2.06. The van der Waals surface area contributed by atoms with Crippen molar-refractivity contribution in [3.63, 3.8) is 0 Å². The molecule has 0 spiro atoms. The molecule has 0 atom stereocenters. The van der Waals surface area contributed by atoms with Crippen molar-refractivity contribution in [2.45, 2.75) is 46.2 Å². The van der Waals surface area contributed by atoms with Gasteiger partial charge in [0.15, 0.2) is 0 Å². The van der Waals surface area contributed by atoms with Gasteiger partial charge < -0.3 is 9.47 Å². The zero-order valence-electron chi connectivity index (χ0n) is 15.6. The molecule has 6 heteroatoms. The Hall–Kier alpha value is -2.40. The third-order valence-electron chi connectivity index (χ3n) is 4.43. The van der Waals surface area contributed by atoms with Crippen LogP contribution in [0.1, 0.15) is 38.9 Å². The fourth-order valence-electron chi connectivity index (χ4n) is 3.23. The fraction of sp³-hybridized carbons (Fsp3) is 0.333. The topological polar surface area (TPSA) is 38.1 Å². The highest BCUT2D eigenvalue weighted by molar-refractivity contribution is 6.35. The molecule has 0 aliphatic rings. The maximum absolute atomic E-state index is 13.8. The summed E-state index contributed by atoms with van der Waals surface area (Å²) in [4.78, 5) is 19.1. The van der Waals surface area contributed by atoms with Crippen LogP contribution in [-0.2, 0) is 17.9 Å². The Morgan fingerprint density at radius 3 is 2.67 bits per heavy atom.